The van der Waals surface area contributed by atoms with E-state index in [2.05, 4.69) is 30.7 Å². The van der Waals surface area contributed by atoms with Crippen LogP contribution in [0, 0.1) is 11.3 Å². The van der Waals surface area contributed by atoms with Gasteiger partial charge in [0, 0.05) is 10.7 Å². The van der Waals surface area contributed by atoms with E-state index in [1.54, 1.807) is 0 Å². The van der Waals surface area contributed by atoms with Crippen LogP contribution in [0.4, 0.5) is 5.69 Å². The lowest BCUT2D eigenvalue weighted by Crippen LogP contribution is -2.54. The zero-order valence-electron chi connectivity index (χ0n) is 12.4. The van der Waals surface area contributed by atoms with Crippen molar-refractivity contribution in [3.8, 4) is 0 Å². The zero-order chi connectivity index (χ0) is 14.5. The second kappa shape index (κ2) is 4.39. The van der Waals surface area contributed by atoms with Crippen molar-refractivity contribution in [3.05, 3.63) is 29.3 Å². The van der Waals surface area contributed by atoms with Crippen LogP contribution in [0.25, 0.3) is 0 Å². The molecule has 3 nitrogen and oxygen atoms in total. The van der Waals surface area contributed by atoms with Gasteiger partial charge in [0.1, 0.15) is 0 Å². The largest absolute Gasteiger partial charge is 0.369 e. The minimum absolute atomic E-state index is 0.0292. The lowest BCUT2D eigenvalue weighted by molar-refractivity contribution is 0.341. The number of benzene rings is 1. The third-order valence-electron chi connectivity index (χ3n) is 4.83. The molecule has 108 valence electrons. The molecule has 1 aromatic rings. The monoisotopic (exact) mass is 291 g/mol. The number of nitrogens with two attached hydrogens (primary N) is 1. The first kappa shape index (κ1) is 13.7. The molecule has 1 aromatic carbocycles. The molecule has 20 heavy (non-hydrogen) atoms. The van der Waals surface area contributed by atoms with Crippen LogP contribution in [0.5, 0.6) is 0 Å². The van der Waals surface area contributed by atoms with Gasteiger partial charge < -0.3 is 10.6 Å². The summed E-state index contributed by atoms with van der Waals surface area (Å²) in [7, 11) is 0. The number of guanidine groups is 1. The number of halogens is 1. The van der Waals surface area contributed by atoms with E-state index in [1.165, 1.54) is 6.42 Å². The highest BCUT2D eigenvalue weighted by Gasteiger charge is 2.55. The Bertz CT molecular complexity index is 549. The highest BCUT2D eigenvalue weighted by Crippen LogP contribution is 2.53. The summed E-state index contributed by atoms with van der Waals surface area (Å²) in [6.45, 7) is 7.80. The van der Waals surface area contributed by atoms with Crippen molar-refractivity contribution in [2.24, 2.45) is 22.1 Å². The van der Waals surface area contributed by atoms with Gasteiger partial charge in [0.25, 0.3) is 0 Å². The maximum Gasteiger partial charge on any atom is 0.196 e. The third-order valence-corrected chi connectivity index (χ3v) is 5.09. The van der Waals surface area contributed by atoms with E-state index in [9.17, 15) is 0 Å². The minimum Gasteiger partial charge on any atom is -0.369 e. The Labute approximate surface area is 125 Å². The molecular weight excluding hydrogens is 270 g/mol. The first-order valence-corrected chi connectivity index (χ1v) is 7.58. The standard InChI is InChI=1S/C16H22ClN3/c1-11-8-15(2,3)9-16(11)10-19-14(18)20(16)13-6-4-12(17)5-7-13/h4-7,11H,8-10H2,1-3H3,(H2,18,19). The number of hydrogen-bond donors (Lipinski definition) is 1. The Balaban J connectivity index is 2.03. The molecule has 0 bridgehead atoms. The molecule has 4 heteroatoms. The Hall–Kier alpha value is -1.22. The number of nitrogens with zero attached hydrogens (tertiary/aromatic N) is 2. The molecule has 0 saturated heterocycles. The first-order valence-electron chi connectivity index (χ1n) is 7.20. The highest BCUT2D eigenvalue weighted by molar-refractivity contribution is 6.30. The van der Waals surface area contributed by atoms with Crippen LogP contribution in [-0.4, -0.2) is 18.0 Å². The molecule has 1 spiro atoms. The van der Waals surface area contributed by atoms with Gasteiger partial charge in [-0.3, -0.25) is 4.99 Å². The molecule has 1 aliphatic carbocycles. The van der Waals surface area contributed by atoms with Gasteiger partial charge >= 0.3 is 0 Å². The summed E-state index contributed by atoms with van der Waals surface area (Å²) >= 11 is 6.00. The molecule has 0 amide bonds. The van der Waals surface area contributed by atoms with E-state index < -0.39 is 0 Å². The van der Waals surface area contributed by atoms with Crippen molar-refractivity contribution in [2.75, 3.05) is 11.4 Å². The number of aliphatic imine (C=N–C) groups is 1. The smallest absolute Gasteiger partial charge is 0.196 e. The van der Waals surface area contributed by atoms with E-state index in [0.29, 0.717) is 17.3 Å². The number of anilines is 1. The molecule has 2 atom stereocenters. The van der Waals surface area contributed by atoms with Crippen LogP contribution in [0.15, 0.2) is 29.3 Å². The van der Waals surface area contributed by atoms with Crippen molar-refractivity contribution in [1.29, 1.82) is 0 Å². The topological polar surface area (TPSA) is 41.6 Å². The predicted octanol–water partition coefficient (Wildman–Crippen LogP) is 3.67. The van der Waals surface area contributed by atoms with Crippen LogP contribution in [-0.2, 0) is 0 Å². The molecule has 0 radical (unpaired) electrons. The summed E-state index contributed by atoms with van der Waals surface area (Å²) in [6.07, 6.45) is 2.33. The van der Waals surface area contributed by atoms with E-state index in [4.69, 9.17) is 17.3 Å². The van der Waals surface area contributed by atoms with Gasteiger partial charge in [-0.2, -0.15) is 0 Å². The van der Waals surface area contributed by atoms with Crippen LogP contribution < -0.4 is 10.6 Å². The van der Waals surface area contributed by atoms with Crippen LogP contribution in [0.2, 0.25) is 5.02 Å². The molecule has 1 saturated carbocycles. The summed E-state index contributed by atoms with van der Waals surface area (Å²) in [5.41, 5.74) is 7.66. The van der Waals surface area contributed by atoms with Crippen LogP contribution in [0.3, 0.4) is 0 Å². The number of hydrogen-bond acceptors (Lipinski definition) is 3. The maximum atomic E-state index is 6.20. The maximum absolute atomic E-state index is 6.20. The molecule has 1 aliphatic heterocycles. The van der Waals surface area contributed by atoms with E-state index in [-0.39, 0.29) is 5.54 Å². The quantitative estimate of drug-likeness (QED) is 0.858. The fraction of sp³-hybridized carbons (Fsp3) is 0.562. The molecule has 0 aromatic heterocycles. The second-order valence-electron chi connectivity index (χ2n) is 7.04. The normalized spacial score (nSPS) is 31.9. The van der Waals surface area contributed by atoms with Gasteiger partial charge in [-0.05, 0) is 48.4 Å². The van der Waals surface area contributed by atoms with E-state index >= 15 is 0 Å². The van der Waals surface area contributed by atoms with Gasteiger partial charge in [-0.15, -0.1) is 0 Å². The van der Waals surface area contributed by atoms with Gasteiger partial charge in [-0.25, -0.2) is 0 Å². The van der Waals surface area contributed by atoms with Gasteiger partial charge in [0.05, 0.1) is 12.1 Å². The summed E-state index contributed by atoms with van der Waals surface area (Å²) in [6, 6.07) is 7.91. The summed E-state index contributed by atoms with van der Waals surface area (Å²) in [5, 5.41) is 0.748. The van der Waals surface area contributed by atoms with Gasteiger partial charge in [0.15, 0.2) is 5.96 Å². The highest BCUT2D eigenvalue weighted by atomic mass is 35.5. The van der Waals surface area contributed by atoms with E-state index in [1.807, 2.05) is 24.3 Å². The molecule has 2 aliphatic rings. The molecule has 2 unspecified atom stereocenters. The summed E-state index contributed by atoms with van der Waals surface area (Å²) in [4.78, 5) is 6.79. The Morgan fingerprint density at radius 2 is 1.95 bits per heavy atom. The van der Waals surface area contributed by atoms with Crippen LogP contribution >= 0.6 is 11.6 Å². The average Bonchev–Trinajstić information content (AvgIpc) is 2.79. The molecule has 1 heterocycles. The molecule has 2 N–H and O–H groups in total. The van der Waals surface area contributed by atoms with Crippen molar-refractivity contribution < 1.29 is 0 Å². The lowest BCUT2D eigenvalue weighted by Gasteiger charge is -2.40. The zero-order valence-corrected chi connectivity index (χ0v) is 13.1. The van der Waals surface area contributed by atoms with Gasteiger partial charge in [0.2, 0.25) is 0 Å². The van der Waals surface area contributed by atoms with Crippen LogP contribution in [0.1, 0.15) is 33.6 Å². The van der Waals surface area contributed by atoms with Crippen molar-refractivity contribution in [1.82, 2.24) is 0 Å². The SMILES string of the molecule is CC1CC(C)(C)CC12CN=C(N)N2c1ccc(Cl)cc1. The summed E-state index contributed by atoms with van der Waals surface area (Å²) < 4.78 is 0. The third kappa shape index (κ3) is 1.99. The fourth-order valence-corrected chi connectivity index (χ4v) is 4.30. The lowest BCUT2D eigenvalue weighted by atomic mass is 9.85. The van der Waals surface area contributed by atoms with Gasteiger partial charge in [-0.1, -0.05) is 32.4 Å². The average molecular weight is 292 g/mol. The second-order valence-corrected chi connectivity index (χ2v) is 7.47. The summed E-state index contributed by atoms with van der Waals surface area (Å²) in [5.74, 6) is 1.20. The molecule has 3 rings (SSSR count). The predicted molar refractivity (Wildman–Crippen MR) is 85.3 cm³/mol. The van der Waals surface area contributed by atoms with Crippen molar-refractivity contribution in [2.45, 2.75) is 39.2 Å². The van der Waals surface area contributed by atoms with Crippen molar-refractivity contribution in [3.63, 3.8) is 0 Å². The Kier molecular flexibility index (Phi) is 3.02. The van der Waals surface area contributed by atoms with E-state index in [0.717, 1.165) is 23.7 Å². The molecular formula is C16H22ClN3. The van der Waals surface area contributed by atoms with Crippen molar-refractivity contribution >= 4 is 23.2 Å². The first-order chi connectivity index (χ1) is 9.34. The number of rotatable bonds is 1. The minimum atomic E-state index is 0.0292. The molecule has 1 fully saturated rings. The Morgan fingerprint density at radius 3 is 2.50 bits per heavy atom. The fourth-order valence-electron chi connectivity index (χ4n) is 4.17. The Morgan fingerprint density at radius 1 is 1.30 bits per heavy atom.